The maximum atomic E-state index is 13.0. The van der Waals surface area contributed by atoms with Gasteiger partial charge >= 0.3 is 5.97 Å². The van der Waals surface area contributed by atoms with Crippen LogP contribution in [0.15, 0.2) is 24.3 Å². The van der Waals surface area contributed by atoms with Crippen molar-refractivity contribution in [1.82, 2.24) is 26.2 Å². The standard InChI is InChI=1S/C19H38N2O3.C11H13NO3.C6H15N.C3H8.C2H5NO.C2H4O/c1-8-14(4)18(20-5)16(23-6)12-17(22)21-11-9-10-15(21)19(24-7)13(2)3;1-8-2-4-9(5-3-8)6-10(11(14)15)12-7-13;1-5(2)6(3)7-4;1-3-2;1-3-2-4;1-2-3/h13-16,18-20H,8-12H2,1-7H3;2-5,7,10H,6H2,1H3,(H,12,13)(H,14,15);5-7H,1-4H3;3H2,1-2H3;2H,1H3,(H,3,4);2H,1H3. The number of likely N-dealkylation sites (N-methyl/N-ethyl adjacent to an activating group) is 1. The summed E-state index contributed by atoms with van der Waals surface area (Å²) in [5, 5.41) is 19.8. The molecular weight excluding hydrogens is 714 g/mol. The number of nitrogens with one attached hydrogen (secondary N) is 4. The molecule has 1 aliphatic heterocycles. The Hall–Kier alpha value is -3.39. The molecule has 0 spiro atoms. The van der Waals surface area contributed by atoms with Crippen molar-refractivity contribution in [3.8, 4) is 0 Å². The van der Waals surface area contributed by atoms with Crippen LogP contribution in [0, 0.1) is 24.7 Å². The van der Waals surface area contributed by atoms with E-state index in [1.165, 1.54) is 13.3 Å². The molecule has 0 radical (unpaired) electrons. The van der Waals surface area contributed by atoms with Crippen LogP contribution in [-0.4, -0.2) is 119 Å². The summed E-state index contributed by atoms with van der Waals surface area (Å²) < 4.78 is 11.4. The summed E-state index contributed by atoms with van der Waals surface area (Å²) in [7, 11) is 8.96. The second kappa shape index (κ2) is 38.5. The van der Waals surface area contributed by atoms with Crippen molar-refractivity contribution in [3.63, 3.8) is 0 Å². The molecule has 1 aromatic carbocycles. The number of carbonyl (C=O) groups is 5. The summed E-state index contributed by atoms with van der Waals surface area (Å²) in [6.45, 7) is 23.8. The highest BCUT2D eigenvalue weighted by Gasteiger charge is 2.38. The molecule has 0 aromatic heterocycles. The van der Waals surface area contributed by atoms with Gasteiger partial charge < -0.3 is 45.5 Å². The molecule has 1 heterocycles. The average molecular weight is 798 g/mol. The van der Waals surface area contributed by atoms with Gasteiger partial charge in [-0.15, -0.1) is 0 Å². The second-order valence-corrected chi connectivity index (χ2v) is 14.5. The van der Waals surface area contributed by atoms with E-state index in [4.69, 9.17) is 24.2 Å². The molecule has 13 nitrogen and oxygen atoms in total. The lowest BCUT2D eigenvalue weighted by atomic mass is 9.92. The summed E-state index contributed by atoms with van der Waals surface area (Å²) >= 11 is 0. The number of methoxy groups -OCH3 is 2. The van der Waals surface area contributed by atoms with E-state index in [0.29, 0.717) is 43.5 Å². The van der Waals surface area contributed by atoms with Gasteiger partial charge in [0, 0.05) is 46.3 Å². The smallest absolute Gasteiger partial charge is 0.326 e. The molecule has 7 atom stereocenters. The largest absolute Gasteiger partial charge is 0.480 e. The summed E-state index contributed by atoms with van der Waals surface area (Å²) in [6, 6.07) is 7.72. The lowest BCUT2D eigenvalue weighted by Gasteiger charge is -2.35. The van der Waals surface area contributed by atoms with Crippen LogP contribution in [0.2, 0.25) is 0 Å². The van der Waals surface area contributed by atoms with Gasteiger partial charge in [-0.05, 0) is 71.0 Å². The number of carboxylic acid groups (broad SMARTS) is 1. The molecule has 0 bridgehead atoms. The first kappa shape index (κ1) is 59.3. The average Bonchev–Trinajstić information content (AvgIpc) is 3.65. The van der Waals surface area contributed by atoms with Crippen molar-refractivity contribution in [2.45, 2.75) is 151 Å². The number of carbonyl (C=O) groups excluding carboxylic acids is 4. The Morgan fingerprint density at radius 3 is 1.73 bits per heavy atom. The molecule has 0 aliphatic carbocycles. The fraction of sp³-hybridized carbons (Fsp3) is 0.744. The third-order valence-corrected chi connectivity index (χ3v) is 9.30. The van der Waals surface area contributed by atoms with E-state index in [1.807, 2.05) is 50.2 Å². The van der Waals surface area contributed by atoms with Gasteiger partial charge in [-0.2, -0.15) is 0 Å². The molecule has 328 valence electrons. The van der Waals surface area contributed by atoms with E-state index in [0.717, 1.165) is 49.1 Å². The summed E-state index contributed by atoms with van der Waals surface area (Å²) in [5.74, 6) is 0.782. The summed E-state index contributed by atoms with van der Waals surface area (Å²) in [6.07, 6.45) is 6.91. The minimum absolute atomic E-state index is 0.0984. The van der Waals surface area contributed by atoms with Crippen LogP contribution in [0.25, 0.3) is 0 Å². The first-order chi connectivity index (χ1) is 26.5. The van der Waals surface area contributed by atoms with Crippen LogP contribution in [0.3, 0.4) is 0 Å². The maximum absolute atomic E-state index is 13.0. The number of hydrogen-bond donors (Lipinski definition) is 5. The third-order valence-electron chi connectivity index (χ3n) is 9.30. The Bertz CT molecular complexity index is 1110. The van der Waals surface area contributed by atoms with Crippen LogP contribution >= 0.6 is 0 Å². The molecule has 5 N–H and O–H groups in total. The normalized spacial score (nSPS) is 16.0. The number of aryl methyl sites for hydroxylation is 1. The lowest BCUT2D eigenvalue weighted by Crippen LogP contribution is -2.49. The van der Waals surface area contributed by atoms with Gasteiger partial charge in [0.05, 0.1) is 24.7 Å². The number of nitrogens with zero attached hydrogens (tertiary/aromatic N) is 1. The highest BCUT2D eigenvalue weighted by Crippen LogP contribution is 2.27. The zero-order valence-corrected chi connectivity index (χ0v) is 37.9. The third kappa shape index (κ3) is 28.1. The number of ether oxygens (including phenoxy) is 2. The minimum atomic E-state index is -1.03. The fourth-order valence-corrected chi connectivity index (χ4v) is 5.65. The molecule has 0 saturated carbocycles. The zero-order chi connectivity index (χ0) is 44.2. The second-order valence-electron chi connectivity index (χ2n) is 14.5. The Labute approximate surface area is 341 Å². The quantitative estimate of drug-likeness (QED) is 0.117. The van der Waals surface area contributed by atoms with E-state index in [-0.39, 0.29) is 30.2 Å². The molecule has 1 aromatic rings. The van der Waals surface area contributed by atoms with Crippen molar-refractivity contribution in [2.24, 2.45) is 17.8 Å². The number of likely N-dealkylation sites (tertiary alicyclic amines) is 1. The van der Waals surface area contributed by atoms with Crippen LogP contribution in [-0.2, 0) is 39.9 Å². The van der Waals surface area contributed by atoms with E-state index in [2.05, 4.69) is 83.6 Å². The molecular formula is C43H83N5O8. The predicted octanol–water partition coefficient (Wildman–Crippen LogP) is 5.66. The number of hydrogen-bond acceptors (Lipinski definition) is 9. The number of carboxylic acids is 1. The number of rotatable bonds is 18. The molecule has 56 heavy (non-hydrogen) atoms. The zero-order valence-electron chi connectivity index (χ0n) is 37.9. The van der Waals surface area contributed by atoms with Gasteiger partial charge in [-0.3, -0.25) is 14.4 Å². The van der Waals surface area contributed by atoms with Gasteiger partial charge in [-0.1, -0.05) is 98.1 Å². The van der Waals surface area contributed by atoms with Gasteiger partial charge in [0.1, 0.15) is 12.3 Å². The fourth-order valence-electron chi connectivity index (χ4n) is 5.65. The minimum Gasteiger partial charge on any atom is -0.480 e. The van der Waals surface area contributed by atoms with Crippen molar-refractivity contribution in [2.75, 3.05) is 41.9 Å². The predicted molar refractivity (Wildman–Crippen MR) is 230 cm³/mol. The Balaban J connectivity index is -0.000000357. The number of aliphatic carboxylic acids is 1. The molecule has 1 fully saturated rings. The van der Waals surface area contributed by atoms with Crippen LogP contribution in [0.1, 0.15) is 112 Å². The molecule has 1 saturated heterocycles. The molecule has 7 unspecified atom stereocenters. The Morgan fingerprint density at radius 2 is 1.41 bits per heavy atom. The van der Waals surface area contributed by atoms with Crippen molar-refractivity contribution in [1.29, 1.82) is 0 Å². The number of aldehydes is 1. The van der Waals surface area contributed by atoms with Gasteiger partial charge in [0.25, 0.3) is 0 Å². The molecule has 1 aliphatic rings. The van der Waals surface area contributed by atoms with Crippen LogP contribution < -0.4 is 21.3 Å². The summed E-state index contributed by atoms with van der Waals surface area (Å²) in [5.41, 5.74) is 2.01. The maximum Gasteiger partial charge on any atom is 0.326 e. The van der Waals surface area contributed by atoms with Crippen LogP contribution in [0.5, 0.6) is 0 Å². The number of benzene rings is 1. The molecule has 13 heteroatoms. The van der Waals surface area contributed by atoms with Crippen molar-refractivity contribution >= 4 is 31.0 Å². The van der Waals surface area contributed by atoms with Gasteiger partial charge in [0.2, 0.25) is 18.7 Å². The Kier molecular flexibility index (Phi) is 40.8. The van der Waals surface area contributed by atoms with E-state index in [1.54, 1.807) is 21.3 Å². The summed E-state index contributed by atoms with van der Waals surface area (Å²) in [4.78, 5) is 53.8. The first-order valence-electron chi connectivity index (χ1n) is 20.1. The highest BCUT2D eigenvalue weighted by atomic mass is 16.5. The van der Waals surface area contributed by atoms with E-state index in [9.17, 15) is 14.4 Å². The topological polar surface area (TPSA) is 175 Å². The molecule has 3 amide bonds. The van der Waals surface area contributed by atoms with Gasteiger partial charge in [-0.25, -0.2) is 4.79 Å². The Morgan fingerprint density at radius 1 is 0.893 bits per heavy atom. The van der Waals surface area contributed by atoms with E-state index >= 15 is 0 Å². The SMILES string of the molecule is CC=O.CCC.CCC(C)C(NC)C(CC(=O)N1CCCC1C(OC)C(C)C)OC.CNC(C)C(C)C.CNC=O.Cc1ccc(CC(NC=O)C(=O)O)cc1. The highest BCUT2D eigenvalue weighted by molar-refractivity contribution is 5.77. The monoisotopic (exact) mass is 798 g/mol. The van der Waals surface area contributed by atoms with Crippen LogP contribution in [0.4, 0.5) is 0 Å². The van der Waals surface area contributed by atoms with E-state index < -0.39 is 12.0 Å². The first-order valence-corrected chi connectivity index (χ1v) is 20.1. The molecule has 2 rings (SSSR count). The van der Waals surface area contributed by atoms with Crippen molar-refractivity contribution in [3.05, 3.63) is 35.4 Å². The van der Waals surface area contributed by atoms with Crippen molar-refractivity contribution < 1.29 is 38.6 Å². The lowest BCUT2D eigenvalue weighted by molar-refractivity contribution is -0.140. The van der Waals surface area contributed by atoms with Gasteiger partial charge in [0.15, 0.2) is 0 Å². The number of amides is 3.